The highest BCUT2D eigenvalue weighted by Gasteiger charge is 2.27. The van der Waals surface area contributed by atoms with Crippen molar-refractivity contribution >= 4 is 42.4 Å². The van der Waals surface area contributed by atoms with Crippen molar-refractivity contribution in [1.82, 2.24) is 9.88 Å². The largest absolute Gasteiger partial charge is 0.379 e. The Bertz CT molecular complexity index is 1080. The Kier molecular flexibility index (Phi) is 6.43. The van der Waals surface area contributed by atoms with Crippen molar-refractivity contribution in [2.75, 3.05) is 50.0 Å². The average molecular weight is 446 g/mol. The number of benzene rings is 2. The van der Waals surface area contributed by atoms with Crippen LogP contribution in [0.3, 0.4) is 0 Å². The van der Waals surface area contributed by atoms with Gasteiger partial charge in [-0.2, -0.15) is 0 Å². The number of hydrogen-bond acceptors (Lipinski definition) is 7. The smallest absolute Gasteiger partial charge is 0.244 e. The van der Waals surface area contributed by atoms with Crippen LogP contribution in [0.25, 0.3) is 10.2 Å². The second-order valence-electron chi connectivity index (χ2n) is 7.04. The second kappa shape index (κ2) is 9.22. The van der Waals surface area contributed by atoms with Gasteiger partial charge in [-0.05, 0) is 24.3 Å². The molecule has 7 nitrogen and oxygen atoms in total. The number of nitrogens with zero attached hydrogens (tertiary/aromatic N) is 3. The minimum absolute atomic E-state index is 0.149. The molecule has 1 amide bonds. The fourth-order valence-corrected chi connectivity index (χ4v) is 5.55. The number of para-hydroxylation sites is 1. The van der Waals surface area contributed by atoms with E-state index in [0.29, 0.717) is 31.4 Å². The maximum absolute atomic E-state index is 13.2. The third-order valence-corrected chi connectivity index (χ3v) is 7.65. The molecule has 158 valence electrons. The molecule has 0 aliphatic carbocycles. The highest BCUT2D eigenvalue weighted by atomic mass is 32.2. The lowest BCUT2D eigenvalue weighted by Crippen LogP contribution is -2.44. The molecule has 0 atom stereocenters. The first kappa shape index (κ1) is 20.9. The summed E-state index contributed by atoms with van der Waals surface area (Å²) in [6.45, 7) is 3.93. The molecule has 2 aromatic carbocycles. The molecule has 0 radical (unpaired) electrons. The SMILES string of the molecule is O=C(CS(=O)(=O)c1ccccc1)N(CCN1CCOCC1)c1nc2ccccc2s1. The second-order valence-corrected chi connectivity index (χ2v) is 10.0. The minimum Gasteiger partial charge on any atom is -0.379 e. The molecule has 1 fully saturated rings. The summed E-state index contributed by atoms with van der Waals surface area (Å²) in [6.07, 6.45) is 0. The molecule has 0 saturated carbocycles. The molecule has 9 heteroatoms. The van der Waals surface area contributed by atoms with Crippen molar-refractivity contribution in [3.8, 4) is 0 Å². The summed E-state index contributed by atoms with van der Waals surface area (Å²) < 4.78 is 31.9. The zero-order valence-corrected chi connectivity index (χ0v) is 18.1. The van der Waals surface area contributed by atoms with Crippen molar-refractivity contribution in [3.63, 3.8) is 0 Å². The van der Waals surface area contributed by atoms with Gasteiger partial charge in [-0.1, -0.05) is 41.7 Å². The summed E-state index contributed by atoms with van der Waals surface area (Å²) in [5, 5.41) is 0.526. The number of rotatable bonds is 7. The van der Waals surface area contributed by atoms with Gasteiger partial charge in [-0.25, -0.2) is 13.4 Å². The Morgan fingerprint density at radius 2 is 1.77 bits per heavy atom. The normalized spacial score (nSPS) is 15.3. The van der Waals surface area contributed by atoms with Crippen LogP contribution in [-0.4, -0.2) is 69.4 Å². The van der Waals surface area contributed by atoms with Crippen LogP contribution in [0.2, 0.25) is 0 Å². The van der Waals surface area contributed by atoms with Crippen LogP contribution in [0.5, 0.6) is 0 Å². The molecule has 1 aliphatic rings. The summed E-state index contributed by atoms with van der Waals surface area (Å²) >= 11 is 1.40. The molecule has 0 N–H and O–H groups in total. The van der Waals surface area contributed by atoms with E-state index in [2.05, 4.69) is 9.88 Å². The van der Waals surface area contributed by atoms with E-state index < -0.39 is 21.5 Å². The van der Waals surface area contributed by atoms with Crippen LogP contribution in [0.1, 0.15) is 0 Å². The lowest BCUT2D eigenvalue weighted by atomic mass is 10.3. The standard InChI is InChI=1S/C21H23N3O4S2/c25-20(16-30(26,27)17-6-2-1-3-7-17)24(11-10-23-12-14-28-15-13-23)21-22-18-8-4-5-9-19(18)29-21/h1-9H,10-16H2. The molecule has 1 saturated heterocycles. The number of ether oxygens (including phenoxy) is 1. The van der Waals surface area contributed by atoms with Crippen LogP contribution in [-0.2, 0) is 19.4 Å². The number of aromatic nitrogens is 1. The number of carbonyl (C=O) groups excluding carboxylic acids is 1. The summed E-state index contributed by atoms with van der Waals surface area (Å²) in [4.78, 5) is 21.6. The topological polar surface area (TPSA) is 79.8 Å². The highest BCUT2D eigenvalue weighted by Crippen LogP contribution is 2.29. The Morgan fingerprint density at radius 1 is 1.07 bits per heavy atom. The molecule has 30 heavy (non-hydrogen) atoms. The number of hydrogen-bond donors (Lipinski definition) is 0. The maximum Gasteiger partial charge on any atom is 0.244 e. The molecular formula is C21H23N3O4S2. The van der Waals surface area contributed by atoms with Crippen LogP contribution < -0.4 is 4.90 Å². The number of carbonyl (C=O) groups is 1. The quantitative estimate of drug-likeness (QED) is 0.556. The van der Waals surface area contributed by atoms with Gasteiger partial charge < -0.3 is 4.74 Å². The zero-order valence-electron chi connectivity index (χ0n) is 16.4. The predicted molar refractivity (Wildman–Crippen MR) is 118 cm³/mol. The van der Waals surface area contributed by atoms with Gasteiger partial charge in [0.2, 0.25) is 5.91 Å². The average Bonchev–Trinajstić information content (AvgIpc) is 3.19. The Labute approximate surface area is 179 Å². The molecule has 0 spiro atoms. The maximum atomic E-state index is 13.2. The van der Waals surface area contributed by atoms with E-state index in [1.54, 1.807) is 18.2 Å². The fraction of sp³-hybridized carbons (Fsp3) is 0.333. The zero-order chi connectivity index (χ0) is 21.0. The number of morpholine rings is 1. The first-order valence-corrected chi connectivity index (χ1v) is 12.2. The molecular weight excluding hydrogens is 422 g/mol. The lowest BCUT2D eigenvalue weighted by molar-refractivity contribution is -0.116. The number of amides is 1. The summed E-state index contributed by atoms with van der Waals surface area (Å²) in [5.74, 6) is -1.05. The predicted octanol–water partition coefficient (Wildman–Crippen LogP) is 2.44. The van der Waals surface area contributed by atoms with Crippen molar-refractivity contribution in [3.05, 3.63) is 54.6 Å². The molecule has 1 aromatic heterocycles. The lowest BCUT2D eigenvalue weighted by Gasteiger charge is -2.29. The molecule has 0 unspecified atom stereocenters. The van der Waals surface area contributed by atoms with Gasteiger partial charge in [-0.3, -0.25) is 14.6 Å². The monoisotopic (exact) mass is 445 g/mol. The molecule has 0 bridgehead atoms. The van der Waals surface area contributed by atoms with Gasteiger partial charge in [0.05, 0.1) is 28.3 Å². The van der Waals surface area contributed by atoms with Gasteiger partial charge in [0.15, 0.2) is 15.0 Å². The third-order valence-electron chi connectivity index (χ3n) is 4.97. The molecule has 4 rings (SSSR count). The van der Waals surface area contributed by atoms with Crippen LogP contribution >= 0.6 is 11.3 Å². The first-order valence-electron chi connectivity index (χ1n) is 9.77. The Balaban J connectivity index is 1.57. The summed E-state index contributed by atoms with van der Waals surface area (Å²) in [5.41, 5.74) is 0.799. The minimum atomic E-state index is -3.73. The van der Waals surface area contributed by atoms with Gasteiger partial charge in [0.25, 0.3) is 0 Å². The van der Waals surface area contributed by atoms with Crippen LogP contribution in [0, 0.1) is 0 Å². The number of fused-ring (bicyclic) bond motifs is 1. The number of thiazole rings is 1. The van der Waals surface area contributed by atoms with Crippen molar-refractivity contribution in [1.29, 1.82) is 0 Å². The van der Waals surface area contributed by atoms with Gasteiger partial charge in [-0.15, -0.1) is 0 Å². The van der Waals surface area contributed by atoms with Crippen LogP contribution in [0.15, 0.2) is 59.5 Å². The Morgan fingerprint density at radius 3 is 2.50 bits per heavy atom. The highest BCUT2D eigenvalue weighted by molar-refractivity contribution is 7.92. The summed E-state index contributed by atoms with van der Waals surface area (Å²) in [7, 11) is -3.73. The van der Waals surface area contributed by atoms with E-state index in [9.17, 15) is 13.2 Å². The number of sulfone groups is 1. The van der Waals surface area contributed by atoms with Gasteiger partial charge in [0.1, 0.15) is 5.75 Å². The van der Waals surface area contributed by atoms with E-state index in [4.69, 9.17) is 4.74 Å². The molecule has 2 heterocycles. The fourth-order valence-electron chi connectivity index (χ4n) is 3.32. The van der Waals surface area contributed by atoms with Gasteiger partial charge in [0, 0.05) is 26.2 Å². The van der Waals surface area contributed by atoms with Gasteiger partial charge >= 0.3 is 0 Å². The molecule has 1 aliphatic heterocycles. The van der Waals surface area contributed by atoms with E-state index >= 15 is 0 Å². The Hall–Kier alpha value is -2.33. The number of anilines is 1. The molecule has 3 aromatic rings. The van der Waals surface area contributed by atoms with E-state index in [1.807, 2.05) is 24.3 Å². The third kappa shape index (κ3) is 4.86. The van der Waals surface area contributed by atoms with Crippen molar-refractivity contribution in [2.24, 2.45) is 0 Å². The van der Waals surface area contributed by atoms with Crippen molar-refractivity contribution in [2.45, 2.75) is 4.90 Å². The van der Waals surface area contributed by atoms with E-state index in [1.165, 1.54) is 28.4 Å². The van der Waals surface area contributed by atoms with Crippen LogP contribution in [0.4, 0.5) is 5.13 Å². The summed E-state index contributed by atoms with van der Waals surface area (Å²) in [6, 6.07) is 15.7. The van der Waals surface area contributed by atoms with E-state index in [-0.39, 0.29) is 4.90 Å². The van der Waals surface area contributed by atoms with Crippen molar-refractivity contribution < 1.29 is 17.9 Å². The van der Waals surface area contributed by atoms with E-state index in [0.717, 1.165) is 23.3 Å². The first-order chi connectivity index (χ1) is 14.5.